The van der Waals surface area contributed by atoms with E-state index in [0.29, 0.717) is 6.04 Å². The van der Waals surface area contributed by atoms with E-state index in [-0.39, 0.29) is 6.61 Å². The van der Waals surface area contributed by atoms with Crippen LogP contribution in [0.4, 0.5) is 5.82 Å². The molecule has 2 aromatic rings. The van der Waals surface area contributed by atoms with E-state index in [0.717, 1.165) is 35.2 Å². The molecule has 2 aromatic heterocycles. The molecule has 1 unspecified atom stereocenters. The number of aliphatic hydroxyl groups is 1. The summed E-state index contributed by atoms with van der Waals surface area (Å²) in [5.74, 6) is 3.19. The summed E-state index contributed by atoms with van der Waals surface area (Å²) in [7, 11) is 0. The number of aromatic nitrogens is 2. The van der Waals surface area contributed by atoms with Crippen molar-refractivity contribution >= 4 is 23.2 Å². The van der Waals surface area contributed by atoms with Gasteiger partial charge in [-0.1, -0.05) is 6.07 Å². The molecule has 0 radical (unpaired) electrons. The van der Waals surface area contributed by atoms with Crippen molar-refractivity contribution in [1.82, 2.24) is 9.38 Å². The number of pyridine rings is 1. The zero-order valence-corrected chi connectivity index (χ0v) is 11.2. The van der Waals surface area contributed by atoms with Crippen LogP contribution in [0.1, 0.15) is 12.6 Å². The van der Waals surface area contributed by atoms with Crippen LogP contribution >= 0.6 is 11.8 Å². The number of hydrogen-bond donors (Lipinski definition) is 1. The first-order valence-electron chi connectivity index (χ1n) is 6.22. The van der Waals surface area contributed by atoms with Crippen LogP contribution in [0.3, 0.4) is 0 Å². The zero-order valence-electron chi connectivity index (χ0n) is 10.4. The average molecular weight is 263 g/mol. The number of anilines is 1. The lowest BCUT2D eigenvalue weighted by atomic mass is 10.3. The highest BCUT2D eigenvalue weighted by Crippen LogP contribution is 2.27. The summed E-state index contributed by atoms with van der Waals surface area (Å²) in [6.07, 6.45) is 1.96. The SMILES string of the molecule is CC1CSCCN1c1nc2ccccn2c1CO. The molecule has 1 N–H and O–H groups in total. The van der Waals surface area contributed by atoms with E-state index in [1.165, 1.54) is 0 Å². The number of fused-ring (bicyclic) bond motifs is 1. The minimum absolute atomic E-state index is 0.0247. The van der Waals surface area contributed by atoms with Crippen molar-refractivity contribution < 1.29 is 5.11 Å². The predicted molar refractivity (Wildman–Crippen MR) is 75.2 cm³/mol. The topological polar surface area (TPSA) is 40.8 Å². The maximum Gasteiger partial charge on any atom is 0.153 e. The second kappa shape index (κ2) is 4.82. The van der Waals surface area contributed by atoms with Gasteiger partial charge in [0.2, 0.25) is 0 Å². The van der Waals surface area contributed by atoms with Crippen LogP contribution in [0.2, 0.25) is 0 Å². The molecular weight excluding hydrogens is 246 g/mol. The molecule has 0 aliphatic carbocycles. The number of thioether (sulfide) groups is 1. The molecule has 0 bridgehead atoms. The third-order valence-corrected chi connectivity index (χ3v) is 4.59. The number of nitrogens with zero attached hydrogens (tertiary/aromatic N) is 3. The fraction of sp³-hybridized carbons (Fsp3) is 0.462. The van der Waals surface area contributed by atoms with Gasteiger partial charge in [0.15, 0.2) is 5.82 Å². The second-order valence-corrected chi connectivity index (χ2v) is 5.74. The van der Waals surface area contributed by atoms with Crippen LogP contribution in [0.5, 0.6) is 0 Å². The monoisotopic (exact) mass is 263 g/mol. The van der Waals surface area contributed by atoms with Gasteiger partial charge in [0.1, 0.15) is 5.65 Å². The van der Waals surface area contributed by atoms with Crippen molar-refractivity contribution in [2.24, 2.45) is 0 Å². The van der Waals surface area contributed by atoms with E-state index in [9.17, 15) is 5.11 Å². The summed E-state index contributed by atoms with van der Waals surface area (Å²) in [5.41, 5.74) is 1.80. The first-order chi connectivity index (χ1) is 8.81. The van der Waals surface area contributed by atoms with Gasteiger partial charge < -0.3 is 10.0 Å². The van der Waals surface area contributed by atoms with E-state index in [1.807, 2.05) is 40.6 Å². The van der Waals surface area contributed by atoms with Crippen molar-refractivity contribution in [3.8, 4) is 0 Å². The van der Waals surface area contributed by atoms with Crippen molar-refractivity contribution in [3.05, 3.63) is 30.1 Å². The molecule has 3 heterocycles. The van der Waals surface area contributed by atoms with Crippen molar-refractivity contribution in [2.75, 3.05) is 23.0 Å². The molecule has 0 spiro atoms. The van der Waals surface area contributed by atoms with E-state index < -0.39 is 0 Å². The van der Waals surface area contributed by atoms with Gasteiger partial charge in [0, 0.05) is 30.3 Å². The maximum absolute atomic E-state index is 9.63. The zero-order chi connectivity index (χ0) is 12.5. The normalized spacial score (nSPS) is 20.6. The predicted octanol–water partition coefficient (Wildman–Crippen LogP) is 1.77. The third kappa shape index (κ3) is 1.87. The highest BCUT2D eigenvalue weighted by molar-refractivity contribution is 7.99. The van der Waals surface area contributed by atoms with Gasteiger partial charge in [-0.05, 0) is 19.1 Å². The number of rotatable bonds is 2. The van der Waals surface area contributed by atoms with Crippen LogP contribution < -0.4 is 4.90 Å². The summed E-state index contributed by atoms with van der Waals surface area (Å²) in [6, 6.07) is 6.39. The highest BCUT2D eigenvalue weighted by Gasteiger charge is 2.24. The van der Waals surface area contributed by atoms with Gasteiger partial charge in [0.25, 0.3) is 0 Å². The molecule has 1 saturated heterocycles. The number of imidazole rings is 1. The molecule has 4 nitrogen and oxygen atoms in total. The Kier molecular flexibility index (Phi) is 3.18. The molecule has 0 saturated carbocycles. The lowest BCUT2D eigenvalue weighted by Gasteiger charge is -2.33. The Morgan fingerprint density at radius 3 is 3.17 bits per heavy atom. The van der Waals surface area contributed by atoms with Crippen molar-refractivity contribution in [1.29, 1.82) is 0 Å². The first kappa shape index (κ1) is 11.9. The smallest absolute Gasteiger partial charge is 0.153 e. The van der Waals surface area contributed by atoms with E-state index in [4.69, 9.17) is 0 Å². The molecule has 5 heteroatoms. The quantitative estimate of drug-likeness (QED) is 0.896. The molecule has 1 aliphatic heterocycles. The number of hydrogen-bond acceptors (Lipinski definition) is 4. The van der Waals surface area contributed by atoms with Gasteiger partial charge in [-0.2, -0.15) is 11.8 Å². The summed E-state index contributed by atoms with van der Waals surface area (Å²) in [4.78, 5) is 6.99. The van der Waals surface area contributed by atoms with Crippen LogP contribution in [0.15, 0.2) is 24.4 Å². The van der Waals surface area contributed by atoms with Crippen molar-refractivity contribution in [2.45, 2.75) is 19.6 Å². The van der Waals surface area contributed by atoms with Crippen LogP contribution in [0, 0.1) is 0 Å². The Labute approximate surface area is 111 Å². The molecular formula is C13H17N3OS. The summed E-state index contributed by atoms with van der Waals surface area (Å²) in [5, 5.41) is 9.63. The molecule has 18 heavy (non-hydrogen) atoms. The molecule has 3 rings (SSSR count). The minimum atomic E-state index is 0.0247. The van der Waals surface area contributed by atoms with Gasteiger partial charge in [0.05, 0.1) is 12.3 Å². The average Bonchev–Trinajstić information content (AvgIpc) is 2.77. The standard InChI is InChI=1S/C13H17N3OS/c1-10-9-18-7-6-15(10)13-11(8-17)16-5-3-2-4-12(16)14-13/h2-5,10,17H,6-9H2,1H3. The largest absolute Gasteiger partial charge is 0.390 e. The first-order valence-corrected chi connectivity index (χ1v) is 7.38. The van der Waals surface area contributed by atoms with Gasteiger partial charge in [-0.3, -0.25) is 4.40 Å². The molecule has 1 aliphatic rings. The van der Waals surface area contributed by atoms with Crippen molar-refractivity contribution in [3.63, 3.8) is 0 Å². The Bertz CT molecular complexity index is 554. The maximum atomic E-state index is 9.63. The van der Waals surface area contributed by atoms with E-state index >= 15 is 0 Å². The van der Waals surface area contributed by atoms with Gasteiger partial charge >= 0.3 is 0 Å². The fourth-order valence-corrected chi connectivity index (χ4v) is 3.47. The van der Waals surface area contributed by atoms with E-state index in [1.54, 1.807) is 0 Å². The lowest BCUT2D eigenvalue weighted by molar-refractivity contribution is 0.276. The Morgan fingerprint density at radius 1 is 1.50 bits per heavy atom. The van der Waals surface area contributed by atoms with E-state index in [2.05, 4.69) is 16.8 Å². The lowest BCUT2D eigenvalue weighted by Crippen LogP contribution is -2.41. The molecule has 96 valence electrons. The third-order valence-electron chi connectivity index (χ3n) is 3.40. The van der Waals surface area contributed by atoms with Crippen LogP contribution in [0.25, 0.3) is 5.65 Å². The molecule has 0 aromatic carbocycles. The Balaban J connectivity index is 2.10. The van der Waals surface area contributed by atoms with Gasteiger partial charge in [-0.25, -0.2) is 4.98 Å². The molecule has 1 atom stereocenters. The highest BCUT2D eigenvalue weighted by atomic mass is 32.2. The second-order valence-electron chi connectivity index (χ2n) is 4.59. The van der Waals surface area contributed by atoms with Crippen LogP contribution in [-0.4, -0.2) is 38.6 Å². The van der Waals surface area contributed by atoms with Crippen LogP contribution in [-0.2, 0) is 6.61 Å². The van der Waals surface area contributed by atoms with Gasteiger partial charge in [-0.15, -0.1) is 0 Å². The minimum Gasteiger partial charge on any atom is -0.390 e. The Hall–Kier alpha value is -1.20. The number of aliphatic hydroxyl groups excluding tert-OH is 1. The summed E-state index contributed by atoms with van der Waals surface area (Å²) in [6.45, 7) is 3.25. The summed E-state index contributed by atoms with van der Waals surface area (Å²) < 4.78 is 1.98. The summed E-state index contributed by atoms with van der Waals surface area (Å²) >= 11 is 1.98. The molecule has 0 amide bonds. The molecule has 1 fully saturated rings. The Morgan fingerprint density at radius 2 is 2.39 bits per heavy atom. The fourth-order valence-electron chi connectivity index (χ4n) is 2.45.